The Morgan fingerprint density at radius 1 is 0.806 bits per heavy atom. The Labute approximate surface area is 188 Å². The number of hydrogen-bond donors (Lipinski definition) is 1. The highest BCUT2D eigenvalue weighted by atomic mass is 16.5. The maximum Gasteiger partial charge on any atom is 0.0716 e. The lowest BCUT2D eigenvalue weighted by Crippen LogP contribution is -2.28. The second kappa shape index (κ2) is 16.9. The lowest BCUT2D eigenvalue weighted by molar-refractivity contribution is -0.0674. The molecule has 2 atom stereocenters. The van der Waals surface area contributed by atoms with Crippen molar-refractivity contribution in [1.29, 1.82) is 0 Å². The van der Waals surface area contributed by atoms with E-state index in [4.69, 9.17) is 19.3 Å². The largest absolute Gasteiger partial charge is 0.396 e. The van der Waals surface area contributed by atoms with Crippen molar-refractivity contribution < 1.29 is 19.3 Å². The molecular formula is C27H40O4. The maximum atomic E-state index is 8.83. The predicted octanol–water partition coefficient (Wildman–Crippen LogP) is 5.92. The molecule has 1 saturated heterocycles. The number of hydrogen-bond acceptors (Lipinski definition) is 4. The molecule has 2 aromatic rings. The zero-order valence-electron chi connectivity index (χ0n) is 19.1. The normalized spacial score (nSPS) is 18.3. The van der Waals surface area contributed by atoms with Gasteiger partial charge in [0.1, 0.15) is 0 Å². The molecule has 2 unspecified atom stereocenters. The maximum absolute atomic E-state index is 8.83. The van der Waals surface area contributed by atoms with Gasteiger partial charge in [0.2, 0.25) is 0 Å². The summed E-state index contributed by atoms with van der Waals surface area (Å²) >= 11 is 0. The van der Waals surface area contributed by atoms with Gasteiger partial charge in [-0.2, -0.15) is 0 Å². The summed E-state index contributed by atoms with van der Waals surface area (Å²) in [5.74, 6) is 0. The van der Waals surface area contributed by atoms with Crippen molar-refractivity contribution in [2.24, 2.45) is 0 Å². The van der Waals surface area contributed by atoms with Gasteiger partial charge in [-0.05, 0) is 63.0 Å². The third kappa shape index (κ3) is 12.0. The zero-order valence-corrected chi connectivity index (χ0v) is 19.1. The quantitative estimate of drug-likeness (QED) is 0.427. The lowest BCUT2D eigenvalue weighted by atomic mass is 9.99. The van der Waals surface area contributed by atoms with Crippen LogP contribution in [0.3, 0.4) is 0 Å². The molecule has 1 aliphatic rings. The molecule has 2 aromatic carbocycles. The van der Waals surface area contributed by atoms with Crippen LogP contribution >= 0.6 is 0 Å². The monoisotopic (exact) mass is 428 g/mol. The van der Waals surface area contributed by atoms with Gasteiger partial charge in [0.15, 0.2) is 0 Å². The highest BCUT2D eigenvalue weighted by Crippen LogP contribution is 2.24. The Kier molecular flexibility index (Phi) is 13.9. The number of benzene rings is 2. The molecule has 31 heavy (non-hydrogen) atoms. The fraction of sp³-hybridized carbons (Fsp3) is 0.556. The molecular weight excluding hydrogens is 388 g/mol. The molecule has 0 amide bonds. The summed E-state index contributed by atoms with van der Waals surface area (Å²) in [5, 5.41) is 8.83. The predicted molar refractivity (Wildman–Crippen MR) is 126 cm³/mol. The van der Waals surface area contributed by atoms with Crippen LogP contribution in [-0.4, -0.2) is 37.1 Å². The third-order valence-corrected chi connectivity index (χ3v) is 5.38. The van der Waals surface area contributed by atoms with E-state index in [0.29, 0.717) is 25.4 Å². The van der Waals surface area contributed by atoms with E-state index in [0.717, 1.165) is 51.9 Å². The molecule has 0 saturated carbocycles. The van der Waals surface area contributed by atoms with Crippen molar-refractivity contribution >= 4 is 0 Å². The summed E-state index contributed by atoms with van der Waals surface area (Å²) in [6.45, 7) is 5.27. The molecule has 1 N–H and O–H groups in total. The number of ether oxygens (including phenoxy) is 3. The Balaban J connectivity index is 0.000000285. The second-order valence-electron chi connectivity index (χ2n) is 7.98. The van der Waals surface area contributed by atoms with E-state index in [-0.39, 0.29) is 0 Å². The minimum Gasteiger partial charge on any atom is -0.396 e. The SMILES string of the molecule is CCOCc1ccccc1.OCCCCC1CCCC(CCOCc2ccccc2)O1. The third-order valence-electron chi connectivity index (χ3n) is 5.38. The van der Waals surface area contributed by atoms with E-state index in [1.54, 1.807) is 0 Å². The smallest absolute Gasteiger partial charge is 0.0716 e. The molecule has 0 bridgehead atoms. The van der Waals surface area contributed by atoms with Crippen LogP contribution in [0.25, 0.3) is 0 Å². The molecule has 0 aliphatic carbocycles. The fourth-order valence-electron chi connectivity index (χ4n) is 3.66. The molecule has 0 aromatic heterocycles. The zero-order chi connectivity index (χ0) is 22.0. The Hall–Kier alpha value is -1.72. The Morgan fingerprint density at radius 2 is 1.39 bits per heavy atom. The second-order valence-corrected chi connectivity index (χ2v) is 7.98. The van der Waals surface area contributed by atoms with E-state index < -0.39 is 0 Å². The minimum absolute atomic E-state index is 0.295. The van der Waals surface area contributed by atoms with Crippen LogP contribution in [0.15, 0.2) is 60.7 Å². The standard InChI is InChI=1S/C18H28O3.C9H12O/c19-13-5-4-9-17-10-6-11-18(21-17)12-14-20-15-16-7-2-1-3-8-16;1-2-10-8-9-6-4-3-5-7-9/h1-3,7-8,17-19H,4-6,9-15H2;3-7H,2,8H2,1H3. The summed E-state index contributed by atoms with van der Waals surface area (Å²) < 4.78 is 17.1. The molecule has 4 nitrogen and oxygen atoms in total. The lowest BCUT2D eigenvalue weighted by Gasteiger charge is -2.30. The first-order valence-electron chi connectivity index (χ1n) is 11.8. The summed E-state index contributed by atoms with van der Waals surface area (Å²) in [4.78, 5) is 0. The van der Waals surface area contributed by atoms with Crippen LogP contribution in [0.5, 0.6) is 0 Å². The van der Waals surface area contributed by atoms with Crippen LogP contribution in [0, 0.1) is 0 Å². The molecule has 4 heteroatoms. The van der Waals surface area contributed by atoms with Crippen molar-refractivity contribution in [3.05, 3.63) is 71.8 Å². The molecule has 1 fully saturated rings. The van der Waals surface area contributed by atoms with Crippen molar-refractivity contribution in [2.75, 3.05) is 19.8 Å². The van der Waals surface area contributed by atoms with Crippen molar-refractivity contribution in [3.8, 4) is 0 Å². The van der Waals surface area contributed by atoms with Crippen LogP contribution < -0.4 is 0 Å². The van der Waals surface area contributed by atoms with Crippen LogP contribution in [0.1, 0.15) is 63.0 Å². The van der Waals surface area contributed by atoms with Gasteiger partial charge in [-0.25, -0.2) is 0 Å². The van der Waals surface area contributed by atoms with Gasteiger partial charge in [-0.3, -0.25) is 0 Å². The van der Waals surface area contributed by atoms with E-state index >= 15 is 0 Å². The summed E-state index contributed by atoms with van der Waals surface area (Å²) in [6.07, 6.45) is 8.37. The first-order chi connectivity index (χ1) is 15.3. The van der Waals surface area contributed by atoms with E-state index in [1.807, 2.05) is 43.3 Å². The molecule has 172 valence electrons. The molecule has 1 heterocycles. The first kappa shape index (κ1) is 25.5. The van der Waals surface area contributed by atoms with Crippen LogP contribution in [-0.2, 0) is 27.4 Å². The Morgan fingerprint density at radius 3 is 1.97 bits per heavy atom. The summed E-state index contributed by atoms with van der Waals surface area (Å²) in [5.41, 5.74) is 2.47. The average Bonchev–Trinajstić information content (AvgIpc) is 2.83. The number of aliphatic hydroxyl groups excluding tert-OH is 1. The Bertz CT molecular complexity index is 647. The molecule has 1 aliphatic heterocycles. The van der Waals surface area contributed by atoms with Gasteiger partial charge in [0.25, 0.3) is 0 Å². The topological polar surface area (TPSA) is 47.9 Å². The van der Waals surface area contributed by atoms with Gasteiger partial charge >= 0.3 is 0 Å². The van der Waals surface area contributed by atoms with Gasteiger partial charge in [-0.15, -0.1) is 0 Å². The molecule has 0 radical (unpaired) electrons. The summed E-state index contributed by atoms with van der Waals surface area (Å²) in [7, 11) is 0. The molecule has 3 rings (SSSR count). The van der Waals surface area contributed by atoms with Crippen molar-refractivity contribution in [3.63, 3.8) is 0 Å². The van der Waals surface area contributed by atoms with E-state index in [2.05, 4.69) is 24.3 Å². The van der Waals surface area contributed by atoms with Crippen LogP contribution in [0.2, 0.25) is 0 Å². The minimum atomic E-state index is 0.295. The first-order valence-corrected chi connectivity index (χ1v) is 11.8. The van der Waals surface area contributed by atoms with Crippen molar-refractivity contribution in [1.82, 2.24) is 0 Å². The summed E-state index contributed by atoms with van der Waals surface area (Å²) in [6, 6.07) is 20.5. The number of unbranched alkanes of at least 4 members (excludes halogenated alkanes) is 1. The van der Waals surface area contributed by atoms with E-state index in [9.17, 15) is 0 Å². The van der Waals surface area contributed by atoms with Gasteiger partial charge in [0.05, 0.1) is 25.4 Å². The van der Waals surface area contributed by atoms with Gasteiger partial charge in [0, 0.05) is 19.8 Å². The van der Waals surface area contributed by atoms with Gasteiger partial charge < -0.3 is 19.3 Å². The van der Waals surface area contributed by atoms with Crippen LogP contribution in [0.4, 0.5) is 0 Å². The highest BCUT2D eigenvalue weighted by Gasteiger charge is 2.21. The fourth-order valence-corrected chi connectivity index (χ4v) is 3.66. The number of aliphatic hydroxyl groups is 1. The van der Waals surface area contributed by atoms with E-state index in [1.165, 1.54) is 24.0 Å². The average molecular weight is 429 g/mol. The van der Waals surface area contributed by atoms with Gasteiger partial charge in [-0.1, -0.05) is 60.7 Å². The molecule has 0 spiro atoms. The highest BCUT2D eigenvalue weighted by molar-refractivity contribution is 5.14. The van der Waals surface area contributed by atoms with Crippen molar-refractivity contribution in [2.45, 2.75) is 77.3 Å². The number of rotatable bonds is 12.